The summed E-state index contributed by atoms with van der Waals surface area (Å²) in [6.45, 7) is -0.900. The maximum Gasteiger partial charge on any atom is 0.387 e. The molecule has 136 valence electrons. The maximum atomic E-state index is 12.4. The fourth-order valence-electron chi connectivity index (χ4n) is 2.22. The van der Waals surface area contributed by atoms with E-state index in [0.29, 0.717) is 18.1 Å². The molecule has 0 bridgehead atoms. The zero-order valence-corrected chi connectivity index (χ0v) is 14.0. The van der Waals surface area contributed by atoms with Crippen molar-refractivity contribution in [3.63, 3.8) is 0 Å². The standard InChI is InChI=1S/C16H22F2N6O/c1-19-16(20-8-4-5-9-24-11-22-23-12-24)21-10-13-6-2-3-7-14(13)25-15(17)18/h2-3,6-7,11-12,15H,4-5,8-10H2,1H3,(H2,19,20,21). The molecule has 1 aromatic heterocycles. The summed E-state index contributed by atoms with van der Waals surface area (Å²) in [4.78, 5) is 4.12. The number of benzene rings is 1. The van der Waals surface area contributed by atoms with Gasteiger partial charge in [0.1, 0.15) is 18.4 Å². The molecular weight excluding hydrogens is 330 g/mol. The molecule has 0 aliphatic carbocycles. The normalized spacial score (nSPS) is 11.6. The van der Waals surface area contributed by atoms with Crippen molar-refractivity contribution < 1.29 is 13.5 Å². The number of para-hydroxylation sites is 1. The van der Waals surface area contributed by atoms with Crippen LogP contribution in [0.4, 0.5) is 8.78 Å². The molecule has 0 aliphatic heterocycles. The van der Waals surface area contributed by atoms with Gasteiger partial charge in [-0.1, -0.05) is 18.2 Å². The van der Waals surface area contributed by atoms with Crippen molar-refractivity contribution in [2.45, 2.75) is 32.5 Å². The Balaban J connectivity index is 1.71. The molecule has 0 amide bonds. The van der Waals surface area contributed by atoms with Crippen molar-refractivity contribution in [2.75, 3.05) is 13.6 Å². The Kier molecular flexibility index (Phi) is 7.61. The minimum absolute atomic E-state index is 0.161. The van der Waals surface area contributed by atoms with Gasteiger partial charge in [-0.25, -0.2) is 0 Å². The van der Waals surface area contributed by atoms with Gasteiger partial charge in [0.15, 0.2) is 5.96 Å². The van der Waals surface area contributed by atoms with E-state index in [1.807, 2.05) is 4.57 Å². The van der Waals surface area contributed by atoms with E-state index < -0.39 is 6.61 Å². The number of hydrogen-bond acceptors (Lipinski definition) is 4. The Morgan fingerprint density at radius 2 is 1.96 bits per heavy atom. The van der Waals surface area contributed by atoms with Crippen LogP contribution < -0.4 is 15.4 Å². The van der Waals surface area contributed by atoms with E-state index >= 15 is 0 Å². The summed E-state index contributed by atoms with van der Waals surface area (Å²) >= 11 is 0. The molecule has 0 atom stereocenters. The molecule has 0 fully saturated rings. The van der Waals surface area contributed by atoms with Crippen molar-refractivity contribution in [3.05, 3.63) is 42.5 Å². The number of alkyl halides is 2. The molecule has 2 N–H and O–H groups in total. The lowest BCUT2D eigenvalue weighted by Crippen LogP contribution is -2.37. The lowest BCUT2D eigenvalue weighted by atomic mass is 10.2. The molecule has 25 heavy (non-hydrogen) atoms. The zero-order chi connectivity index (χ0) is 17.9. The number of guanidine groups is 1. The van der Waals surface area contributed by atoms with Crippen molar-refractivity contribution in [3.8, 4) is 5.75 Å². The molecule has 0 saturated carbocycles. The third-order valence-corrected chi connectivity index (χ3v) is 3.46. The van der Waals surface area contributed by atoms with Crippen LogP contribution in [0.15, 0.2) is 41.9 Å². The molecule has 1 heterocycles. The molecule has 1 aromatic carbocycles. The fraction of sp³-hybridized carbons (Fsp3) is 0.438. The first-order valence-corrected chi connectivity index (χ1v) is 7.98. The zero-order valence-electron chi connectivity index (χ0n) is 14.0. The minimum atomic E-state index is -2.84. The summed E-state index contributed by atoms with van der Waals surface area (Å²) in [6, 6.07) is 6.68. The highest BCUT2D eigenvalue weighted by atomic mass is 19.3. The van der Waals surface area contributed by atoms with E-state index in [4.69, 9.17) is 0 Å². The molecule has 2 rings (SSSR count). The SMILES string of the molecule is CN=C(NCCCCn1cnnc1)NCc1ccccc1OC(F)F. The van der Waals surface area contributed by atoms with E-state index in [1.165, 1.54) is 6.07 Å². The summed E-state index contributed by atoms with van der Waals surface area (Å²) in [5, 5.41) is 13.8. The monoisotopic (exact) mass is 352 g/mol. The third-order valence-electron chi connectivity index (χ3n) is 3.46. The van der Waals surface area contributed by atoms with E-state index in [9.17, 15) is 8.78 Å². The Hall–Kier alpha value is -2.71. The second-order valence-electron chi connectivity index (χ2n) is 5.25. The van der Waals surface area contributed by atoms with Gasteiger partial charge in [-0.2, -0.15) is 8.78 Å². The summed E-state index contributed by atoms with van der Waals surface area (Å²) in [5.41, 5.74) is 0.637. The lowest BCUT2D eigenvalue weighted by molar-refractivity contribution is -0.0504. The van der Waals surface area contributed by atoms with Crippen molar-refractivity contribution in [2.24, 2.45) is 4.99 Å². The molecule has 0 aliphatic rings. The average Bonchev–Trinajstić information content (AvgIpc) is 3.11. The predicted molar refractivity (Wildman–Crippen MR) is 90.5 cm³/mol. The molecule has 2 aromatic rings. The summed E-state index contributed by atoms with van der Waals surface area (Å²) in [7, 11) is 1.66. The molecule has 0 unspecified atom stereocenters. The maximum absolute atomic E-state index is 12.4. The van der Waals surface area contributed by atoms with Gasteiger partial charge in [-0.15, -0.1) is 10.2 Å². The predicted octanol–water partition coefficient (Wildman–Crippen LogP) is 2.02. The molecule has 9 heteroatoms. The van der Waals surface area contributed by atoms with Crippen LogP contribution in [0.2, 0.25) is 0 Å². The van der Waals surface area contributed by atoms with Crippen LogP contribution in [0, 0.1) is 0 Å². The summed E-state index contributed by atoms with van der Waals surface area (Å²) in [5.74, 6) is 0.769. The second-order valence-corrected chi connectivity index (χ2v) is 5.25. The number of aliphatic imine (C=N–C) groups is 1. The van der Waals surface area contributed by atoms with E-state index in [1.54, 1.807) is 37.9 Å². The number of aromatic nitrogens is 3. The van der Waals surface area contributed by atoms with Crippen LogP contribution >= 0.6 is 0 Å². The van der Waals surface area contributed by atoms with E-state index in [-0.39, 0.29) is 5.75 Å². The van der Waals surface area contributed by atoms with Crippen LogP contribution in [-0.2, 0) is 13.1 Å². The number of ether oxygens (including phenoxy) is 1. The van der Waals surface area contributed by atoms with Crippen molar-refractivity contribution in [1.82, 2.24) is 25.4 Å². The molecule has 0 saturated heterocycles. The highest BCUT2D eigenvalue weighted by molar-refractivity contribution is 5.79. The van der Waals surface area contributed by atoms with Gasteiger partial charge < -0.3 is 19.9 Å². The Morgan fingerprint density at radius 3 is 2.68 bits per heavy atom. The fourth-order valence-corrected chi connectivity index (χ4v) is 2.22. The molecule has 0 spiro atoms. The minimum Gasteiger partial charge on any atom is -0.434 e. The Labute approximate surface area is 145 Å². The van der Waals surface area contributed by atoms with E-state index in [0.717, 1.165) is 25.9 Å². The van der Waals surface area contributed by atoms with Gasteiger partial charge in [0.2, 0.25) is 0 Å². The Morgan fingerprint density at radius 1 is 1.20 bits per heavy atom. The van der Waals surface area contributed by atoms with Crippen LogP contribution in [0.3, 0.4) is 0 Å². The van der Waals surface area contributed by atoms with Crippen molar-refractivity contribution in [1.29, 1.82) is 0 Å². The first-order chi connectivity index (χ1) is 12.2. The summed E-state index contributed by atoms with van der Waals surface area (Å²) < 4.78 is 31.3. The number of nitrogens with zero attached hydrogens (tertiary/aromatic N) is 4. The van der Waals surface area contributed by atoms with Gasteiger partial charge in [0, 0.05) is 32.2 Å². The van der Waals surface area contributed by atoms with Gasteiger partial charge in [-0.05, 0) is 18.9 Å². The van der Waals surface area contributed by atoms with E-state index in [2.05, 4.69) is 30.6 Å². The average molecular weight is 352 g/mol. The van der Waals surface area contributed by atoms with Gasteiger partial charge in [0.25, 0.3) is 0 Å². The van der Waals surface area contributed by atoms with Crippen molar-refractivity contribution >= 4 is 5.96 Å². The van der Waals surface area contributed by atoms with Gasteiger partial charge in [-0.3, -0.25) is 4.99 Å². The molecular formula is C16H22F2N6O. The number of hydrogen-bond donors (Lipinski definition) is 2. The van der Waals surface area contributed by atoms with Crippen LogP contribution in [0.25, 0.3) is 0 Å². The second kappa shape index (κ2) is 10.2. The largest absolute Gasteiger partial charge is 0.434 e. The number of aryl methyl sites for hydroxylation is 1. The van der Waals surface area contributed by atoms with Crippen LogP contribution in [0.1, 0.15) is 18.4 Å². The number of halogens is 2. The Bertz CT molecular complexity index is 648. The van der Waals surface area contributed by atoms with Gasteiger partial charge in [0.05, 0.1) is 0 Å². The molecule has 7 nitrogen and oxygen atoms in total. The van der Waals surface area contributed by atoms with Crippen LogP contribution in [-0.4, -0.2) is 40.9 Å². The third kappa shape index (κ3) is 6.74. The smallest absolute Gasteiger partial charge is 0.387 e. The first kappa shape index (κ1) is 18.6. The highest BCUT2D eigenvalue weighted by Crippen LogP contribution is 2.19. The van der Waals surface area contributed by atoms with Crippen LogP contribution in [0.5, 0.6) is 5.75 Å². The van der Waals surface area contributed by atoms with Gasteiger partial charge >= 0.3 is 6.61 Å². The molecule has 0 radical (unpaired) electrons. The summed E-state index contributed by atoms with van der Waals surface area (Å²) in [6.07, 6.45) is 5.30. The first-order valence-electron chi connectivity index (χ1n) is 7.98. The number of nitrogens with one attached hydrogen (secondary N) is 2. The quantitative estimate of drug-likeness (QED) is 0.410. The lowest BCUT2D eigenvalue weighted by Gasteiger charge is -2.14. The number of unbranched alkanes of at least 4 members (excludes halogenated alkanes) is 1. The highest BCUT2D eigenvalue weighted by Gasteiger charge is 2.09. The number of rotatable bonds is 9. The topological polar surface area (TPSA) is 76.4 Å².